The molecule has 0 spiro atoms. The normalized spacial score (nSPS) is 16.7. The van der Waals surface area contributed by atoms with E-state index in [1.54, 1.807) is 31.5 Å². The summed E-state index contributed by atoms with van der Waals surface area (Å²) < 4.78 is 6.74. The number of amides is 1. The molecule has 1 aliphatic heterocycles. The zero-order valence-corrected chi connectivity index (χ0v) is 17.4. The lowest BCUT2D eigenvalue weighted by Crippen LogP contribution is -2.40. The van der Waals surface area contributed by atoms with Gasteiger partial charge in [0.1, 0.15) is 5.75 Å². The van der Waals surface area contributed by atoms with Crippen LogP contribution in [0.2, 0.25) is 0 Å². The summed E-state index contributed by atoms with van der Waals surface area (Å²) in [5.41, 5.74) is 1.04. The quantitative estimate of drug-likeness (QED) is 0.684. The van der Waals surface area contributed by atoms with Crippen LogP contribution in [-0.2, 0) is 0 Å². The van der Waals surface area contributed by atoms with E-state index in [-0.39, 0.29) is 11.5 Å². The molecule has 2 aromatic carbocycles. The van der Waals surface area contributed by atoms with Crippen molar-refractivity contribution in [1.82, 2.24) is 14.8 Å². The first-order chi connectivity index (χ1) is 14.6. The lowest BCUT2D eigenvalue weighted by molar-refractivity contribution is 0.0942. The molecule has 0 saturated carbocycles. The maximum absolute atomic E-state index is 13.1. The van der Waals surface area contributed by atoms with Crippen LogP contribution in [0.5, 0.6) is 5.75 Å². The summed E-state index contributed by atoms with van der Waals surface area (Å²) in [5, 5.41) is 4.29. The summed E-state index contributed by atoms with van der Waals surface area (Å²) in [6, 6.07) is 14.9. The van der Waals surface area contributed by atoms with Gasteiger partial charge in [0.15, 0.2) is 0 Å². The van der Waals surface area contributed by atoms with Crippen molar-refractivity contribution in [2.45, 2.75) is 25.8 Å². The molecular weight excluding hydrogens is 378 g/mol. The Morgan fingerprint density at radius 2 is 1.87 bits per heavy atom. The van der Waals surface area contributed by atoms with Crippen LogP contribution in [0.1, 0.15) is 30.1 Å². The minimum Gasteiger partial charge on any atom is -0.497 e. The van der Waals surface area contributed by atoms with Crippen LogP contribution in [0.15, 0.2) is 59.5 Å². The molecule has 3 aromatic rings. The van der Waals surface area contributed by atoms with E-state index in [1.165, 1.54) is 11.0 Å². The van der Waals surface area contributed by atoms with Crippen LogP contribution in [-0.4, -0.2) is 48.2 Å². The molecular formula is C24H27N3O3. The number of pyridine rings is 1. The number of carbonyl (C=O) groups excluding carboxylic acids is 1. The molecule has 156 valence electrons. The maximum atomic E-state index is 13.1. The van der Waals surface area contributed by atoms with Gasteiger partial charge < -0.3 is 10.1 Å². The third kappa shape index (κ3) is 3.83. The van der Waals surface area contributed by atoms with Gasteiger partial charge in [0.25, 0.3) is 11.5 Å². The molecule has 1 amide bonds. The van der Waals surface area contributed by atoms with E-state index >= 15 is 0 Å². The highest BCUT2D eigenvalue weighted by Crippen LogP contribution is 2.20. The second-order valence-corrected chi connectivity index (χ2v) is 7.60. The fourth-order valence-corrected chi connectivity index (χ4v) is 4.26. The van der Waals surface area contributed by atoms with E-state index in [0.717, 1.165) is 19.5 Å². The predicted octanol–water partition coefficient (Wildman–Crippen LogP) is 3.21. The third-order valence-electron chi connectivity index (χ3n) is 5.92. The molecule has 1 atom stereocenters. The monoisotopic (exact) mass is 405 g/mol. The van der Waals surface area contributed by atoms with Crippen LogP contribution in [0.25, 0.3) is 16.5 Å². The van der Waals surface area contributed by atoms with Gasteiger partial charge in [-0.05, 0) is 56.3 Å². The van der Waals surface area contributed by atoms with Crippen LogP contribution in [0.4, 0.5) is 0 Å². The molecule has 1 N–H and O–H groups in total. The number of carbonyl (C=O) groups is 1. The molecule has 1 saturated heterocycles. The van der Waals surface area contributed by atoms with Gasteiger partial charge in [-0.1, -0.05) is 25.1 Å². The molecule has 0 unspecified atom stereocenters. The van der Waals surface area contributed by atoms with E-state index in [1.807, 2.05) is 30.3 Å². The summed E-state index contributed by atoms with van der Waals surface area (Å²) in [6.45, 7) is 4.84. The smallest absolute Gasteiger partial charge is 0.262 e. The second-order valence-electron chi connectivity index (χ2n) is 7.60. The fourth-order valence-electron chi connectivity index (χ4n) is 4.26. The van der Waals surface area contributed by atoms with Gasteiger partial charge in [-0.3, -0.25) is 19.1 Å². The molecule has 1 aliphatic rings. The topological polar surface area (TPSA) is 63.6 Å². The molecule has 6 nitrogen and oxygen atoms in total. The van der Waals surface area contributed by atoms with Crippen molar-refractivity contribution in [2.24, 2.45) is 0 Å². The number of likely N-dealkylation sites (N-methyl/N-ethyl adjacent to an activating group) is 1. The Morgan fingerprint density at radius 1 is 1.13 bits per heavy atom. The SMILES string of the molecule is CCN1CCC[C@H]1CNC(=O)c1cn(-c2ccc(OC)cc2)c(=O)c2ccccc12. The molecule has 2 heterocycles. The van der Waals surface area contributed by atoms with Gasteiger partial charge in [-0.25, -0.2) is 0 Å². The number of nitrogens with zero attached hydrogens (tertiary/aromatic N) is 2. The van der Waals surface area contributed by atoms with E-state index < -0.39 is 0 Å². The highest BCUT2D eigenvalue weighted by molar-refractivity contribution is 6.06. The van der Waals surface area contributed by atoms with E-state index in [4.69, 9.17) is 4.74 Å². The van der Waals surface area contributed by atoms with Gasteiger partial charge >= 0.3 is 0 Å². The summed E-state index contributed by atoms with van der Waals surface area (Å²) >= 11 is 0. The van der Waals surface area contributed by atoms with Crippen LogP contribution in [0, 0.1) is 0 Å². The van der Waals surface area contributed by atoms with Crippen molar-refractivity contribution in [3.8, 4) is 11.4 Å². The highest BCUT2D eigenvalue weighted by Gasteiger charge is 2.24. The number of ether oxygens (including phenoxy) is 1. The average molecular weight is 405 g/mol. The zero-order valence-electron chi connectivity index (χ0n) is 17.4. The molecule has 0 aliphatic carbocycles. The summed E-state index contributed by atoms with van der Waals surface area (Å²) in [4.78, 5) is 28.6. The van der Waals surface area contributed by atoms with Crippen molar-refractivity contribution in [3.63, 3.8) is 0 Å². The Balaban J connectivity index is 1.70. The van der Waals surface area contributed by atoms with E-state index in [2.05, 4.69) is 17.1 Å². The molecule has 6 heteroatoms. The molecule has 4 rings (SSSR count). The second kappa shape index (κ2) is 8.71. The van der Waals surface area contributed by atoms with Crippen molar-refractivity contribution in [1.29, 1.82) is 0 Å². The number of hydrogen-bond donors (Lipinski definition) is 1. The van der Waals surface area contributed by atoms with Crippen LogP contribution in [0.3, 0.4) is 0 Å². The largest absolute Gasteiger partial charge is 0.497 e. The number of rotatable bonds is 6. The van der Waals surface area contributed by atoms with Gasteiger partial charge in [0, 0.05) is 35.2 Å². The number of hydrogen-bond acceptors (Lipinski definition) is 4. The van der Waals surface area contributed by atoms with Crippen molar-refractivity contribution < 1.29 is 9.53 Å². The molecule has 0 bridgehead atoms. The van der Waals surface area contributed by atoms with Crippen LogP contribution >= 0.6 is 0 Å². The zero-order chi connectivity index (χ0) is 21.1. The average Bonchev–Trinajstić information content (AvgIpc) is 3.26. The Kier molecular flexibility index (Phi) is 5.86. The first-order valence-electron chi connectivity index (χ1n) is 10.4. The molecule has 0 radical (unpaired) electrons. The fraction of sp³-hybridized carbons (Fsp3) is 0.333. The summed E-state index contributed by atoms with van der Waals surface area (Å²) in [6.07, 6.45) is 3.91. The predicted molar refractivity (Wildman–Crippen MR) is 119 cm³/mol. The Hall–Kier alpha value is -3.12. The van der Waals surface area contributed by atoms with Gasteiger partial charge in [0.05, 0.1) is 12.7 Å². The van der Waals surface area contributed by atoms with Gasteiger partial charge in [-0.2, -0.15) is 0 Å². The van der Waals surface area contributed by atoms with Crippen molar-refractivity contribution in [2.75, 3.05) is 26.7 Å². The number of benzene rings is 2. The van der Waals surface area contributed by atoms with E-state index in [9.17, 15) is 9.59 Å². The van der Waals surface area contributed by atoms with Gasteiger partial charge in [-0.15, -0.1) is 0 Å². The molecule has 30 heavy (non-hydrogen) atoms. The number of methoxy groups -OCH3 is 1. The van der Waals surface area contributed by atoms with Crippen molar-refractivity contribution >= 4 is 16.7 Å². The summed E-state index contributed by atoms with van der Waals surface area (Å²) in [5.74, 6) is 0.555. The number of fused-ring (bicyclic) bond motifs is 1. The standard InChI is InChI=1S/C24H27N3O3/c1-3-26-14-6-7-18(26)15-25-23(28)22-16-27(17-10-12-19(30-2)13-11-17)24(29)21-9-5-4-8-20(21)22/h4-5,8-13,16,18H,3,6-7,14-15H2,1-2H3,(H,25,28)/t18-/m0/s1. The first-order valence-corrected chi connectivity index (χ1v) is 10.4. The third-order valence-corrected chi connectivity index (χ3v) is 5.92. The minimum absolute atomic E-state index is 0.153. The molecule has 1 fully saturated rings. The maximum Gasteiger partial charge on any atom is 0.262 e. The minimum atomic E-state index is -0.156. The number of likely N-dealkylation sites (tertiary alicyclic amines) is 1. The number of aromatic nitrogens is 1. The highest BCUT2D eigenvalue weighted by atomic mass is 16.5. The molecule has 1 aromatic heterocycles. The van der Waals surface area contributed by atoms with E-state index in [0.29, 0.717) is 40.4 Å². The number of nitrogens with one attached hydrogen (secondary N) is 1. The Bertz CT molecular complexity index is 1100. The lowest BCUT2D eigenvalue weighted by Gasteiger charge is -2.23. The first kappa shape index (κ1) is 20.2. The van der Waals surface area contributed by atoms with Crippen LogP contribution < -0.4 is 15.6 Å². The van der Waals surface area contributed by atoms with Crippen molar-refractivity contribution in [3.05, 3.63) is 70.6 Å². The Labute approximate surface area is 176 Å². The van der Waals surface area contributed by atoms with Gasteiger partial charge in [0.2, 0.25) is 0 Å². The lowest BCUT2D eigenvalue weighted by atomic mass is 10.1. The summed E-state index contributed by atoms with van der Waals surface area (Å²) in [7, 11) is 1.60. The Morgan fingerprint density at radius 3 is 2.57 bits per heavy atom.